The third-order valence-corrected chi connectivity index (χ3v) is 2.88. The average Bonchev–Trinajstić information content (AvgIpc) is 2.34. The Hall–Kier alpha value is -1.83. The summed E-state index contributed by atoms with van der Waals surface area (Å²) in [7, 11) is 0. The number of carbonyl (C=O) groups is 1. The minimum Gasteiger partial charge on any atom is -0.481 e. The molecule has 1 N–H and O–H groups in total. The van der Waals surface area contributed by atoms with E-state index in [0.717, 1.165) is 24.6 Å². The van der Waals surface area contributed by atoms with E-state index in [1.807, 2.05) is 18.2 Å². The van der Waals surface area contributed by atoms with E-state index in [0.29, 0.717) is 0 Å². The van der Waals surface area contributed by atoms with Gasteiger partial charge in [-0.05, 0) is 41.7 Å². The minimum atomic E-state index is -0.712. The summed E-state index contributed by atoms with van der Waals surface area (Å²) in [6.07, 6.45) is 2.85. The van der Waals surface area contributed by atoms with Crippen LogP contribution in [0.2, 0.25) is 0 Å². The summed E-state index contributed by atoms with van der Waals surface area (Å²) < 4.78 is 0. The zero-order valence-electron chi connectivity index (χ0n) is 9.65. The molecule has 87 valence electrons. The first kappa shape index (κ1) is 11.6. The van der Waals surface area contributed by atoms with E-state index >= 15 is 0 Å². The van der Waals surface area contributed by atoms with Crippen LogP contribution >= 0.6 is 0 Å². The fourth-order valence-corrected chi connectivity index (χ4v) is 2.03. The molecule has 0 fully saturated rings. The molecule has 0 spiro atoms. The quantitative estimate of drug-likeness (QED) is 0.794. The summed E-state index contributed by atoms with van der Waals surface area (Å²) in [4.78, 5) is 10.4. The van der Waals surface area contributed by atoms with E-state index in [1.165, 1.54) is 10.9 Å². The first-order chi connectivity index (χ1) is 8.27. The Balaban J connectivity index is 2.05. The molecule has 2 aromatic rings. The van der Waals surface area contributed by atoms with Crippen LogP contribution in [-0.2, 0) is 11.2 Å². The molecule has 0 amide bonds. The molecule has 0 aliphatic heterocycles. The van der Waals surface area contributed by atoms with Gasteiger partial charge in [0.15, 0.2) is 0 Å². The third kappa shape index (κ3) is 3.06. The molecule has 0 saturated heterocycles. The van der Waals surface area contributed by atoms with E-state index in [1.54, 1.807) is 0 Å². The zero-order valence-corrected chi connectivity index (χ0v) is 9.65. The topological polar surface area (TPSA) is 37.3 Å². The first-order valence-corrected chi connectivity index (χ1v) is 5.87. The monoisotopic (exact) mass is 227 g/mol. The molecule has 0 aliphatic carbocycles. The smallest absolute Gasteiger partial charge is 0.303 e. The van der Waals surface area contributed by atoms with Gasteiger partial charge < -0.3 is 5.11 Å². The van der Waals surface area contributed by atoms with Crippen molar-refractivity contribution >= 4 is 16.7 Å². The van der Waals surface area contributed by atoms with Crippen molar-refractivity contribution in [3.8, 4) is 0 Å². The van der Waals surface area contributed by atoms with E-state index in [9.17, 15) is 4.79 Å². The Morgan fingerprint density at radius 2 is 2.06 bits per heavy atom. The molecule has 0 aromatic heterocycles. The average molecular weight is 227 g/mol. The Kier molecular flexibility index (Phi) is 3.76. The standard InChI is InChI=1S/C15H15O2/c16-15(17)11-4-2-7-13-9-5-8-12-6-1-3-10-14(12)13/h1,3,5,8-10H,2,4,7,11H2,(H,16,17). The third-order valence-electron chi connectivity index (χ3n) is 2.88. The lowest BCUT2D eigenvalue weighted by Gasteiger charge is -2.05. The Morgan fingerprint density at radius 1 is 1.18 bits per heavy atom. The number of hydrogen-bond acceptors (Lipinski definition) is 1. The minimum absolute atomic E-state index is 0.261. The molecule has 2 nitrogen and oxygen atoms in total. The summed E-state index contributed by atoms with van der Waals surface area (Å²) in [6.45, 7) is 0. The molecule has 2 rings (SSSR count). The first-order valence-electron chi connectivity index (χ1n) is 5.87. The largest absolute Gasteiger partial charge is 0.481 e. The number of aliphatic carboxylic acids is 1. The van der Waals surface area contributed by atoms with Gasteiger partial charge in [0.1, 0.15) is 0 Å². The van der Waals surface area contributed by atoms with E-state index in [-0.39, 0.29) is 6.42 Å². The Labute approximate surface area is 101 Å². The number of hydrogen-bond donors (Lipinski definition) is 1. The van der Waals surface area contributed by atoms with Crippen LogP contribution in [0, 0.1) is 6.07 Å². The van der Waals surface area contributed by atoms with E-state index in [2.05, 4.69) is 24.3 Å². The molecule has 17 heavy (non-hydrogen) atoms. The summed E-state index contributed by atoms with van der Waals surface area (Å²) in [5.41, 5.74) is 1.28. The summed E-state index contributed by atoms with van der Waals surface area (Å²) in [5.74, 6) is -0.712. The van der Waals surface area contributed by atoms with Crippen LogP contribution in [0.25, 0.3) is 10.8 Å². The van der Waals surface area contributed by atoms with Crippen molar-refractivity contribution in [2.45, 2.75) is 25.7 Å². The molecule has 1 radical (unpaired) electrons. The van der Waals surface area contributed by atoms with Gasteiger partial charge in [-0.3, -0.25) is 4.79 Å². The highest BCUT2D eigenvalue weighted by Crippen LogP contribution is 2.19. The number of fused-ring (bicyclic) bond motifs is 1. The van der Waals surface area contributed by atoms with Gasteiger partial charge in [0.25, 0.3) is 0 Å². The highest BCUT2D eigenvalue weighted by molar-refractivity contribution is 5.85. The number of rotatable bonds is 5. The van der Waals surface area contributed by atoms with Crippen LogP contribution in [0.3, 0.4) is 0 Å². The summed E-state index contributed by atoms with van der Waals surface area (Å²) in [6, 6.07) is 15.4. The van der Waals surface area contributed by atoms with Gasteiger partial charge in [0, 0.05) is 6.42 Å². The molecule has 0 atom stereocenters. The van der Waals surface area contributed by atoms with Crippen molar-refractivity contribution in [3.05, 3.63) is 48.0 Å². The maximum atomic E-state index is 10.4. The van der Waals surface area contributed by atoms with Crippen molar-refractivity contribution in [1.82, 2.24) is 0 Å². The Morgan fingerprint density at radius 3 is 2.88 bits per heavy atom. The highest BCUT2D eigenvalue weighted by atomic mass is 16.4. The predicted octanol–water partition coefficient (Wildman–Crippen LogP) is 3.44. The Bertz CT molecular complexity index is 512. The molecule has 0 heterocycles. The van der Waals surface area contributed by atoms with Gasteiger partial charge in [-0.2, -0.15) is 0 Å². The summed E-state index contributed by atoms with van der Waals surface area (Å²) in [5, 5.41) is 10.9. The van der Waals surface area contributed by atoms with E-state index < -0.39 is 5.97 Å². The second kappa shape index (κ2) is 5.48. The molecule has 2 aromatic carbocycles. The lowest BCUT2D eigenvalue weighted by Crippen LogP contribution is -1.95. The highest BCUT2D eigenvalue weighted by Gasteiger charge is 2.01. The van der Waals surface area contributed by atoms with Gasteiger partial charge in [0.2, 0.25) is 0 Å². The number of aryl methyl sites for hydroxylation is 1. The van der Waals surface area contributed by atoms with Crippen LogP contribution in [0.4, 0.5) is 0 Å². The molecule has 0 unspecified atom stereocenters. The lowest BCUT2D eigenvalue weighted by atomic mass is 10.00. The van der Waals surface area contributed by atoms with Crippen molar-refractivity contribution in [2.24, 2.45) is 0 Å². The van der Waals surface area contributed by atoms with Gasteiger partial charge >= 0.3 is 5.97 Å². The van der Waals surface area contributed by atoms with Crippen LogP contribution < -0.4 is 0 Å². The molecule has 0 bridgehead atoms. The second-order valence-electron chi connectivity index (χ2n) is 4.15. The van der Waals surface area contributed by atoms with Crippen LogP contribution in [0.15, 0.2) is 36.4 Å². The predicted molar refractivity (Wildman–Crippen MR) is 68.0 cm³/mol. The van der Waals surface area contributed by atoms with E-state index in [4.69, 9.17) is 5.11 Å². The fourth-order valence-electron chi connectivity index (χ4n) is 2.03. The van der Waals surface area contributed by atoms with Gasteiger partial charge in [-0.15, -0.1) is 0 Å². The summed E-state index contributed by atoms with van der Waals surface area (Å²) >= 11 is 0. The maximum absolute atomic E-state index is 10.4. The SMILES string of the molecule is O=C(O)CCCCc1cccc2[c]cccc12. The molecule has 0 saturated carbocycles. The van der Waals surface area contributed by atoms with Crippen LogP contribution in [0.1, 0.15) is 24.8 Å². The number of unbranched alkanes of at least 4 members (excludes halogenated alkanes) is 1. The maximum Gasteiger partial charge on any atom is 0.303 e. The number of benzene rings is 2. The molecule has 2 heteroatoms. The number of carboxylic acids is 1. The van der Waals surface area contributed by atoms with Crippen LogP contribution in [0.5, 0.6) is 0 Å². The lowest BCUT2D eigenvalue weighted by molar-refractivity contribution is -0.137. The number of carboxylic acid groups (broad SMARTS) is 1. The fraction of sp³-hybridized carbons (Fsp3) is 0.267. The normalized spacial score (nSPS) is 10.6. The van der Waals surface area contributed by atoms with Crippen LogP contribution in [-0.4, -0.2) is 11.1 Å². The van der Waals surface area contributed by atoms with Crippen molar-refractivity contribution in [2.75, 3.05) is 0 Å². The van der Waals surface area contributed by atoms with Crippen molar-refractivity contribution in [1.29, 1.82) is 0 Å². The second-order valence-corrected chi connectivity index (χ2v) is 4.15. The molecular formula is C15H15O2. The van der Waals surface area contributed by atoms with Gasteiger partial charge in [0.05, 0.1) is 0 Å². The molecule has 0 aliphatic rings. The molecular weight excluding hydrogens is 212 g/mol. The van der Waals surface area contributed by atoms with Crippen molar-refractivity contribution < 1.29 is 9.90 Å². The zero-order chi connectivity index (χ0) is 12.1. The van der Waals surface area contributed by atoms with Crippen molar-refractivity contribution in [3.63, 3.8) is 0 Å². The van der Waals surface area contributed by atoms with Gasteiger partial charge in [-0.25, -0.2) is 0 Å². The van der Waals surface area contributed by atoms with Gasteiger partial charge in [-0.1, -0.05) is 36.4 Å².